The average molecular weight is 291 g/mol. The fraction of sp³-hybridized carbons (Fsp3) is 0. The van der Waals surface area contributed by atoms with E-state index in [9.17, 15) is 0 Å². The molecule has 0 aliphatic heterocycles. The molecule has 0 atom stereocenters. The van der Waals surface area contributed by atoms with Crippen LogP contribution in [0.3, 0.4) is 0 Å². The molecule has 3 rings (SSSR count). The molecule has 0 saturated heterocycles. The number of oxime groups is 1. The SMILES string of the molecule is O/N=C\c1ccc(-c2ccc(-c3cccs3)s2)s1. The molecular formula is C13H9NOS3. The number of hydrogen-bond donors (Lipinski definition) is 1. The van der Waals surface area contributed by atoms with Gasteiger partial charge in [-0.2, -0.15) is 0 Å². The highest BCUT2D eigenvalue weighted by Gasteiger charge is 2.07. The molecule has 90 valence electrons. The summed E-state index contributed by atoms with van der Waals surface area (Å²) >= 11 is 5.17. The predicted molar refractivity (Wildman–Crippen MR) is 80.3 cm³/mol. The zero-order valence-electron chi connectivity index (χ0n) is 9.24. The van der Waals surface area contributed by atoms with Crippen LogP contribution in [0.1, 0.15) is 4.88 Å². The van der Waals surface area contributed by atoms with Crippen molar-refractivity contribution in [2.75, 3.05) is 0 Å². The van der Waals surface area contributed by atoms with Gasteiger partial charge in [0.1, 0.15) is 0 Å². The Kier molecular flexibility index (Phi) is 3.27. The van der Waals surface area contributed by atoms with Gasteiger partial charge < -0.3 is 5.21 Å². The van der Waals surface area contributed by atoms with Crippen LogP contribution in [-0.2, 0) is 0 Å². The Labute approximate surface area is 116 Å². The normalized spacial score (nSPS) is 11.3. The molecule has 0 radical (unpaired) electrons. The highest BCUT2D eigenvalue weighted by Crippen LogP contribution is 2.38. The van der Waals surface area contributed by atoms with E-state index < -0.39 is 0 Å². The van der Waals surface area contributed by atoms with Gasteiger partial charge in [-0.1, -0.05) is 11.2 Å². The van der Waals surface area contributed by atoms with E-state index in [1.807, 2.05) is 6.07 Å². The molecule has 0 saturated carbocycles. The molecule has 0 spiro atoms. The molecule has 3 aromatic rings. The zero-order chi connectivity index (χ0) is 12.4. The van der Waals surface area contributed by atoms with Crippen LogP contribution in [0.4, 0.5) is 0 Å². The minimum Gasteiger partial charge on any atom is -0.411 e. The maximum Gasteiger partial charge on any atom is 0.0833 e. The number of nitrogens with zero attached hydrogens (tertiary/aromatic N) is 1. The second-order valence-corrected chi connectivity index (χ2v) is 6.73. The van der Waals surface area contributed by atoms with Gasteiger partial charge in [0.2, 0.25) is 0 Å². The van der Waals surface area contributed by atoms with Crippen molar-refractivity contribution in [1.82, 2.24) is 0 Å². The maximum atomic E-state index is 8.51. The molecular weight excluding hydrogens is 282 g/mol. The lowest BCUT2D eigenvalue weighted by molar-refractivity contribution is 0.322. The monoisotopic (exact) mass is 291 g/mol. The lowest BCUT2D eigenvalue weighted by Gasteiger charge is -1.90. The summed E-state index contributed by atoms with van der Waals surface area (Å²) < 4.78 is 0. The van der Waals surface area contributed by atoms with Gasteiger partial charge in [-0.25, -0.2) is 0 Å². The van der Waals surface area contributed by atoms with Gasteiger partial charge in [0, 0.05) is 24.4 Å². The van der Waals surface area contributed by atoms with Crippen molar-refractivity contribution in [3.05, 3.63) is 46.7 Å². The fourth-order valence-corrected chi connectivity index (χ4v) is 4.44. The zero-order valence-corrected chi connectivity index (χ0v) is 11.7. The first-order valence-electron chi connectivity index (χ1n) is 5.28. The van der Waals surface area contributed by atoms with Gasteiger partial charge in [-0.3, -0.25) is 0 Å². The molecule has 3 heterocycles. The van der Waals surface area contributed by atoms with Crippen molar-refractivity contribution in [3.63, 3.8) is 0 Å². The van der Waals surface area contributed by atoms with E-state index in [0.717, 1.165) is 4.88 Å². The van der Waals surface area contributed by atoms with Gasteiger partial charge in [0.15, 0.2) is 0 Å². The quantitative estimate of drug-likeness (QED) is 0.410. The molecule has 3 aromatic heterocycles. The first kappa shape index (κ1) is 11.6. The molecule has 0 aliphatic rings. The first-order chi connectivity index (χ1) is 8.86. The Morgan fingerprint density at radius 3 is 2.33 bits per heavy atom. The van der Waals surface area contributed by atoms with Crippen LogP contribution in [0.25, 0.3) is 19.5 Å². The summed E-state index contributed by atoms with van der Waals surface area (Å²) in [6, 6.07) is 12.5. The van der Waals surface area contributed by atoms with E-state index in [1.165, 1.54) is 25.7 Å². The largest absolute Gasteiger partial charge is 0.411 e. The summed E-state index contributed by atoms with van der Waals surface area (Å²) in [6.45, 7) is 0. The third-order valence-corrected chi connectivity index (χ3v) is 5.79. The Hall–Kier alpha value is -1.43. The second-order valence-electron chi connectivity index (χ2n) is 3.59. The summed E-state index contributed by atoms with van der Waals surface area (Å²) in [4.78, 5) is 6.02. The summed E-state index contributed by atoms with van der Waals surface area (Å²) in [7, 11) is 0. The van der Waals surface area contributed by atoms with E-state index in [0.29, 0.717) is 0 Å². The third-order valence-electron chi connectivity index (χ3n) is 2.42. The molecule has 0 aliphatic carbocycles. The minimum atomic E-state index is 0.957. The maximum absolute atomic E-state index is 8.51. The summed E-state index contributed by atoms with van der Waals surface area (Å²) in [5, 5.41) is 13.7. The lowest BCUT2D eigenvalue weighted by atomic mass is 10.3. The van der Waals surface area contributed by atoms with Crippen molar-refractivity contribution >= 4 is 40.2 Å². The van der Waals surface area contributed by atoms with Gasteiger partial charge in [-0.05, 0) is 35.7 Å². The molecule has 0 bridgehead atoms. The van der Waals surface area contributed by atoms with Crippen LogP contribution in [-0.4, -0.2) is 11.4 Å². The molecule has 2 nitrogen and oxygen atoms in total. The second kappa shape index (κ2) is 5.06. The van der Waals surface area contributed by atoms with Crippen LogP contribution < -0.4 is 0 Å². The Morgan fingerprint density at radius 1 is 0.889 bits per heavy atom. The van der Waals surface area contributed by atoms with Gasteiger partial charge in [0.05, 0.1) is 6.21 Å². The summed E-state index contributed by atoms with van der Waals surface area (Å²) in [5.74, 6) is 0. The van der Waals surface area contributed by atoms with Crippen LogP contribution >= 0.6 is 34.0 Å². The van der Waals surface area contributed by atoms with E-state index in [1.54, 1.807) is 34.0 Å². The lowest BCUT2D eigenvalue weighted by Crippen LogP contribution is -1.67. The third kappa shape index (κ3) is 2.25. The van der Waals surface area contributed by atoms with Crippen molar-refractivity contribution in [2.45, 2.75) is 0 Å². The first-order valence-corrected chi connectivity index (χ1v) is 7.79. The smallest absolute Gasteiger partial charge is 0.0833 e. The van der Waals surface area contributed by atoms with E-state index in [-0.39, 0.29) is 0 Å². The molecule has 0 fully saturated rings. The van der Waals surface area contributed by atoms with Crippen LogP contribution in [0, 0.1) is 0 Å². The Bertz CT molecular complexity index is 664. The topological polar surface area (TPSA) is 32.6 Å². The average Bonchev–Trinajstić information content (AvgIpc) is 3.10. The number of rotatable bonds is 3. The van der Waals surface area contributed by atoms with Gasteiger partial charge in [0.25, 0.3) is 0 Å². The van der Waals surface area contributed by atoms with Crippen molar-refractivity contribution in [2.24, 2.45) is 5.16 Å². The molecule has 1 N–H and O–H groups in total. The molecule has 0 unspecified atom stereocenters. The molecule has 18 heavy (non-hydrogen) atoms. The number of hydrogen-bond acceptors (Lipinski definition) is 5. The van der Waals surface area contributed by atoms with Crippen molar-refractivity contribution in [1.29, 1.82) is 0 Å². The minimum absolute atomic E-state index is 0.957. The highest BCUT2D eigenvalue weighted by molar-refractivity contribution is 7.26. The van der Waals surface area contributed by atoms with E-state index in [2.05, 4.69) is 40.9 Å². The van der Waals surface area contributed by atoms with Crippen molar-refractivity contribution in [3.8, 4) is 19.5 Å². The summed E-state index contributed by atoms with van der Waals surface area (Å²) in [5.41, 5.74) is 0. The van der Waals surface area contributed by atoms with Crippen LogP contribution in [0.2, 0.25) is 0 Å². The van der Waals surface area contributed by atoms with Crippen LogP contribution in [0.15, 0.2) is 46.9 Å². The van der Waals surface area contributed by atoms with Crippen LogP contribution in [0.5, 0.6) is 0 Å². The summed E-state index contributed by atoms with van der Waals surface area (Å²) in [6.07, 6.45) is 1.46. The molecule has 5 heteroatoms. The number of thiophene rings is 3. The predicted octanol–water partition coefficient (Wildman–Crippen LogP) is 5.01. The molecule has 0 aromatic carbocycles. The van der Waals surface area contributed by atoms with E-state index in [4.69, 9.17) is 5.21 Å². The fourth-order valence-electron chi connectivity index (χ4n) is 1.63. The van der Waals surface area contributed by atoms with Gasteiger partial charge >= 0.3 is 0 Å². The van der Waals surface area contributed by atoms with Crippen molar-refractivity contribution < 1.29 is 5.21 Å². The standard InChI is InChI=1S/C13H9NOS3/c15-14-8-9-3-4-12(17-9)13-6-5-11(18-13)10-2-1-7-16-10/h1-8,15H/b14-8-. The highest BCUT2D eigenvalue weighted by atomic mass is 32.1. The Balaban J connectivity index is 1.92. The van der Waals surface area contributed by atoms with Gasteiger partial charge in [-0.15, -0.1) is 34.0 Å². The Morgan fingerprint density at radius 2 is 1.61 bits per heavy atom. The molecule has 0 amide bonds. The van der Waals surface area contributed by atoms with E-state index >= 15 is 0 Å².